The van der Waals surface area contributed by atoms with Crippen LogP contribution in [0.25, 0.3) is 0 Å². The van der Waals surface area contributed by atoms with Gasteiger partial charge in [-0.3, -0.25) is 4.79 Å². The Labute approximate surface area is 88.9 Å². The number of carbonyl (C=O) groups excluding carboxylic acids is 1. The molecule has 1 aliphatic carbocycles. The van der Waals surface area contributed by atoms with Crippen LogP contribution in [0.5, 0.6) is 0 Å². The largest absolute Gasteiger partial charge is 0.381 e. The topological polar surface area (TPSA) is 37.3 Å². The van der Waals surface area contributed by atoms with E-state index in [9.17, 15) is 9.90 Å². The third-order valence-corrected chi connectivity index (χ3v) is 2.89. The van der Waals surface area contributed by atoms with Crippen molar-refractivity contribution in [3.63, 3.8) is 0 Å². The second-order valence-corrected chi connectivity index (χ2v) is 3.90. The van der Waals surface area contributed by atoms with Gasteiger partial charge in [-0.2, -0.15) is 0 Å². The molecule has 0 radical (unpaired) electrons. The van der Waals surface area contributed by atoms with E-state index in [0.717, 1.165) is 5.56 Å². The van der Waals surface area contributed by atoms with Gasteiger partial charge in [-0.25, -0.2) is 0 Å². The molecule has 1 atom stereocenters. The van der Waals surface area contributed by atoms with Crippen molar-refractivity contribution in [2.75, 3.05) is 0 Å². The number of carbonyl (C=O) groups is 1. The highest BCUT2D eigenvalue weighted by atomic mass is 16.3. The fourth-order valence-electron chi connectivity index (χ4n) is 2.00. The fourth-order valence-corrected chi connectivity index (χ4v) is 2.00. The van der Waals surface area contributed by atoms with Crippen molar-refractivity contribution < 1.29 is 9.90 Å². The molecule has 1 aromatic rings. The highest BCUT2D eigenvalue weighted by molar-refractivity contribution is 6.04. The minimum atomic E-state index is -1.34. The molecule has 0 bridgehead atoms. The quantitative estimate of drug-likeness (QED) is 0.699. The number of Topliss-reactive ketones (excluding diaryl/α,β-unsaturated/α-hetero) is 1. The molecule has 2 nitrogen and oxygen atoms in total. The lowest BCUT2D eigenvalue weighted by molar-refractivity contribution is 0.0271. The zero-order valence-corrected chi connectivity index (χ0v) is 8.36. The first-order chi connectivity index (χ1) is 7.17. The van der Waals surface area contributed by atoms with Crippen molar-refractivity contribution in [2.24, 2.45) is 0 Å². The zero-order chi connectivity index (χ0) is 10.9. The van der Waals surface area contributed by atoms with Gasteiger partial charge in [0.15, 0.2) is 5.78 Å². The summed E-state index contributed by atoms with van der Waals surface area (Å²) in [6, 6.07) is 7.37. The third-order valence-electron chi connectivity index (χ3n) is 2.89. The average molecular weight is 200 g/mol. The second-order valence-electron chi connectivity index (χ2n) is 3.90. The van der Waals surface area contributed by atoms with Crippen molar-refractivity contribution in [3.8, 4) is 12.3 Å². The number of aryl methyl sites for hydroxylation is 1. The summed E-state index contributed by atoms with van der Waals surface area (Å²) in [5.41, 5.74) is 0.272. The Hall–Kier alpha value is -1.59. The first kappa shape index (κ1) is 9.95. The molecule has 0 heterocycles. The summed E-state index contributed by atoms with van der Waals surface area (Å²) in [5, 5.41) is 10.1. The van der Waals surface area contributed by atoms with E-state index < -0.39 is 5.60 Å². The van der Waals surface area contributed by atoms with E-state index >= 15 is 0 Å². The Morgan fingerprint density at radius 1 is 1.47 bits per heavy atom. The van der Waals surface area contributed by atoms with Gasteiger partial charge in [0.2, 0.25) is 0 Å². The van der Waals surface area contributed by atoms with Gasteiger partial charge < -0.3 is 5.11 Å². The number of rotatable bonds is 1. The molecule has 2 heteroatoms. The van der Waals surface area contributed by atoms with Crippen LogP contribution in [-0.4, -0.2) is 16.5 Å². The molecular weight excluding hydrogens is 188 g/mol. The van der Waals surface area contributed by atoms with E-state index in [-0.39, 0.29) is 12.2 Å². The summed E-state index contributed by atoms with van der Waals surface area (Å²) in [6.45, 7) is 0. The van der Waals surface area contributed by atoms with Gasteiger partial charge in [-0.15, -0.1) is 12.3 Å². The third kappa shape index (κ3) is 1.55. The van der Waals surface area contributed by atoms with Gasteiger partial charge in [0, 0.05) is 12.0 Å². The normalized spacial score (nSPS) is 24.4. The monoisotopic (exact) mass is 200 g/mol. The number of aliphatic hydroxyl groups is 1. The average Bonchev–Trinajstić information content (AvgIpc) is 2.25. The van der Waals surface area contributed by atoms with Gasteiger partial charge in [0.25, 0.3) is 0 Å². The molecule has 0 amide bonds. The van der Waals surface area contributed by atoms with Crippen molar-refractivity contribution in [1.82, 2.24) is 0 Å². The van der Waals surface area contributed by atoms with E-state index in [1.54, 1.807) is 12.1 Å². The van der Waals surface area contributed by atoms with Crippen LogP contribution in [0.15, 0.2) is 24.3 Å². The number of ketones is 1. The Balaban J connectivity index is 2.43. The summed E-state index contributed by atoms with van der Waals surface area (Å²) < 4.78 is 0. The first-order valence-electron chi connectivity index (χ1n) is 4.96. The number of fused-ring (bicyclic) bond motifs is 1. The number of terminal acetylenes is 1. The van der Waals surface area contributed by atoms with Gasteiger partial charge in [-0.1, -0.05) is 24.3 Å². The van der Waals surface area contributed by atoms with Gasteiger partial charge in [0.1, 0.15) is 5.60 Å². The summed E-state index contributed by atoms with van der Waals surface area (Å²) in [4.78, 5) is 12.0. The maximum atomic E-state index is 12.0. The number of benzene rings is 1. The molecule has 15 heavy (non-hydrogen) atoms. The van der Waals surface area contributed by atoms with E-state index in [1.807, 2.05) is 12.1 Å². The summed E-state index contributed by atoms with van der Waals surface area (Å²) in [5.74, 6) is 2.13. The van der Waals surface area contributed by atoms with Gasteiger partial charge in [-0.05, 0) is 18.4 Å². The molecule has 2 rings (SSSR count). The standard InChI is InChI=1S/C13H12O2/c1-2-8-13(15)9-7-10-5-3-4-6-11(10)12(13)14/h1,3-6,15H,7-9H2/t13-/m1/s1. The molecule has 1 aromatic carbocycles. The minimum absolute atomic E-state index is 0.0974. The molecule has 0 fully saturated rings. The van der Waals surface area contributed by atoms with Crippen LogP contribution in [-0.2, 0) is 6.42 Å². The second kappa shape index (κ2) is 3.52. The van der Waals surface area contributed by atoms with Crippen LogP contribution in [0.3, 0.4) is 0 Å². The Kier molecular flexibility index (Phi) is 2.34. The van der Waals surface area contributed by atoms with Crippen LogP contribution >= 0.6 is 0 Å². The smallest absolute Gasteiger partial charge is 0.195 e. The highest BCUT2D eigenvalue weighted by Crippen LogP contribution is 2.30. The molecule has 1 N–H and O–H groups in total. The molecule has 1 aliphatic rings. The van der Waals surface area contributed by atoms with E-state index in [2.05, 4.69) is 5.92 Å². The molecule has 0 saturated carbocycles. The fraction of sp³-hybridized carbons (Fsp3) is 0.308. The summed E-state index contributed by atoms with van der Waals surface area (Å²) >= 11 is 0. The summed E-state index contributed by atoms with van der Waals surface area (Å²) in [6.07, 6.45) is 6.39. The Bertz CT molecular complexity index is 442. The lowest BCUT2D eigenvalue weighted by atomic mass is 9.78. The highest BCUT2D eigenvalue weighted by Gasteiger charge is 2.39. The molecular formula is C13H12O2. The summed E-state index contributed by atoms with van der Waals surface area (Å²) in [7, 11) is 0. The van der Waals surface area contributed by atoms with Gasteiger partial charge in [0.05, 0.1) is 0 Å². The Morgan fingerprint density at radius 3 is 2.93 bits per heavy atom. The predicted molar refractivity (Wildman–Crippen MR) is 57.5 cm³/mol. The van der Waals surface area contributed by atoms with Gasteiger partial charge >= 0.3 is 0 Å². The molecule has 0 aliphatic heterocycles. The van der Waals surface area contributed by atoms with Crippen LogP contribution < -0.4 is 0 Å². The molecule has 76 valence electrons. The Morgan fingerprint density at radius 2 is 2.20 bits per heavy atom. The SMILES string of the molecule is C#CC[C@@]1(O)CCc2ccccc2C1=O. The van der Waals surface area contributed by atoms with Crippen LogP contribution in [0.4, 0.5) is 0 Å². The number of hydrogen-bond acceptors (Lipinski definition) is 2. The van der Waals surface area contributed by atoms with Crippen molar-refractivity contribution >= 4 is 5.78 Å². The molecule has 0 aromatic heterocycles. The van der Waals surface area contributed by atoms with Crippen LogP contribution in [0.2, 0.25) is 0 Å². The lowest BCUT2D eigenvalue weighted by Crippen LogP contribution is -2.42. The minimum Gasteiger partial charge on any atom is -0.381 e. The van der Waals surface area contributed by atoms with Crippen molar-refractivity contribution in [3.05, 3.63) is 35.4 Å². The molecule has 0 unspecified atom stereocenters. The number of hydrogen-bond donors (Lipinski definition) is 1. The van der Waals surface area contributed by atoms with E-state index in [1.165, 1.54) is 0 Å². The molecule has 0 spiro atoms. The zero-order valence-electron chi connectivity index (χ0n) is 8.36. The van der Waals surface area contributed by atoms with E-state index in [0.29, 0.717) is 18.4 Å². The van der Waals surface area contributed by atoms with Crippen LogP contribution in [0.1, 0.15) is 28.8 Å². The van der Waals surface area contributed by atoms with Crippen molar-refractivity contribution in [1.29, 1.82) is 0 Å². The van der Waals surface area contributed by atoms with Crippen LogP contribution in [0, 0.1) is 12.3 Å². The van der Waals surface area contributed by atoms with E-state index in [4.69, 9.17) is 6.42 Å². The lowest BCUT2D eigenvalue weighted by Gasteiger charge is -2.30. The maximum absolute atomic E-state index is 12.0. The van der Waals surface area contributed by atoms with Crippen molar-refractivity contribution in [2.45, 2.75) is 24.9 Å². The predicted octanol–water partition coefficient (Wildman–Crippen LogP) is 1.57. The first-order valence-corrected chi connectivity index (χ1v) is 4.96. The molecule has 0 saturated heterocycles. The maximum Gasteiger partial charge on any atom is 0.195 e.